The van der Waals surface area contributed by atoms with Gasteiger partial charge in [-0.2, -0.15) is 0 Å². The SMILES string of the molecule is C=C(Cl)N=C(C)C1CCCC1. The third-order valence-electron chi connectivity index (χ3n) is 2.24. The third-order valence-corrected chi connectivity index (χ3v) is 2.33. The Morgan fingerprint density at radius 1 is 1.45 bits per heavy atom. The summed E-state index contributed by atoms with van der Waals surface area (Å²) < 4.78 is 0. The van der Waals surface area contributed by atoms with Gasteiger partial charge in [0.1, 0.15) is 5.16 Å². The number of hydrogen-bond acceptors (Lipinski definition) is 1. The highest BCUT2D eigenvalue weighted by Crippen LogP contribution is 2.26. The largest absolute Gasteiger partial charge is 0.246 e. The summed E-state index contributed by atoms with van der Waals surface area (Å²) in [6.45, 7) is 5.59. The van der Waals surface area contributed by atoms with E-state index in [4.69, 9.17) is 11.6 Å². The molecule has 1 rings (SSSR count). The molecule has 0 aromatic heterocycles. The first kappa shape index (κ1) is 8.79. The van der Waals surface area contributed by atoms with Crippen LogP contribution in [0.1, 0.15) is 32.6 Å². The molecule has 0 bridgehead atoms. The molecule has 0 amide bonds. The highest BCUT2D eigenvalue weighted by Gasteiger charge is 2.17. The van der Waals surface area contributed by atoms with Crippen molar-refractivity contribution in [2.45, 2.75) is 32.6 Å². The Kier molecular flexibility index (Phi) is 3.13. The molecule has 0 N–H and O–H groups in total. The van der Waals surface area contributed by atoms with E-state index in [2.05, 4.69) is 11.6 Å². The number of halogens is 1. The van der Waals surface area contributed by atoms with Crippen LogP contribution in [0, 0.1) is 5.92 Å². The summed E-state index contributed by atoms with van der Waals surface area (Å²) in [5.74, 6) is 0.672. The van der Waals surface area contributed by atoms with Crippen molar-refractivity contribution in [2.24, 2.45) is 10.9 Å². The Balaban J connectivity index is 2.51. The standard InChI is InChI=1S/C9H14ClN/c1-7(11-8(2)10)9-5-3-4-6-9/h9H,2-6H2,1H3. The maximum atomic E-state index is 5.57. The first-order chi connectivity index (χ1) is 5.20. The van der Waals surface area contributed by atoms with Gasteiger partial charge in [0.25, 0.3) is 0 Å². The lowest BCUT2D eigenvalue weighted by Gasteiger charge is -2.06. The number of nitrogens with zero attached hydrogens (tertiary/aromatic N) is 1. The summed E-state index contributed by atoms with van der Waals surface area (Å²) in [6, 6.07) is 0. The predicted octanol–water partition coefficient (Wildman–Crippen LogP) is 3.35. The van der Waals surface area contributed by atoms with Gasteiger partial charge in [-0.1, -0.05) is 31.0 Å². The predicted molar refractivity (Wildman–Crippen MR) is 50.1 cm³/mol. The molecule has 0 heterocycles. The van der Waals surface area contributed by atoms with E-state index in [-0.39, 0.29) is 0 Å². The molecule has 0 aromatic carbocycles. The molecule has 1 fully saturated rings. The van der Waals surface area contributed by atoms with Crippen LogP contribution < -0.4 is 0 Å². The van der Waals surface area contributed by atoms with E-state index in [1.54, 1.807) is 0 Å². The molecule has 1 nitrogen and oxygen atoms in total. The summed E-state index contributed by atoms with van der Waals surface area (Å²) in [6.07, 6.45) is 5.23. The molecule has 62 valence electrons. The zero-order valence-corrected chi connectivity index (χ0v) is 7.69. The van der Waals surface area contributed by atoms with Crippen LogP contribution >= 0.6 is 11.6 Å². The molecular weight excluding hydrogens is 158 g/mol. The molecule has 0 aliphatic heterocycles. The van der Waals surface area contributed by atoms with Crippen LogP contribution in [0.25, 0.3) is 0 Å². The van der Waals surface area contributed by atoms with Gasteiger partial charge in [0.05, 0.1) is 0 Å². The molecular formula is C9H14ClN. The van der Waals surface area contributed by atoms with Gasteiger partial charge in [0.2, 0.25) is 0 Å². The second-order valence-corrected chi connectivity index (χ2v) is 3.55. The highest BCUT2D eigenvalue weighted by molar-refractivity contribution is 6.29. The first-order valence-corrected chi connectivity index (χ1v) is 4.47. The van der Waals surface area contributed by atoms with Crippen LogP contribution in [0.2, 0.25) is 0 Å². The van der Waals surface area contributed by atoms with E-state index in [0.29, 0.717) is 11.1 Å². The maximum Gasteiger partial charge on any atom is 0.121 e. The second kappa shape index (κ2) is 3.91. The second-order valence-electron chi connectivity index (χ2n) is 3.11. The third kappa shape index (κ3) is 2.66. The van der Waals surface area contributed by atoms with Gasteiger partial charge in [-0.25, -0.2) is 4.99 Å². The quantitative estimate of drug-likeness (QED) is 0.447. The molecule has 0 atom stereocenters. The number of aliphatic imine (C=N–C) groups is 1. The highest BCUT2D eigenvalue weighted by atomic mass is 35.5. The van der Waals surface area contributed by atoms with Crippen molar-refractivity contribution in [3.05, 3.63) is 11.7 Å². The lowest BCUT2D eigenvalue weighted by molar-refractivity contribution is 0.725. The lowest BCUT2D eigenvalue weighted by Crippen LogP contribution is -2.05. The van der Waals surface area contributed by atoms with Crippen molar-refractivity contribution in [2.75, 3.05) is 0 Å². The van der Waals surface area contributed by atoms with Gasteiger partial charge in [0.15, 0.2) is 0 Å². The van der Waals surface area contributed by atoms with Crippen LogP contribution in [0.15, 0.2) is 16.7 Å². The van der Waals surface area contributed by atoms with Crippen molar-refractivity contribution in [1.82, 2.24) is 0 Å². The Hall–Kier alpha value is -0.300. The Morgan fingerprint density at radius 3 is 2.45 bits per heavy atom. The summed E-state index contributed by atoms with van der Waals surface area (Å²) >= 11 is 5.57. The Bertz CT molecular complexity index is 178. The molecule has 0 saturated heterocycles. The van der Waals surface area contributed by atoms with Crippen molar-refractivity contribution >= 4 is 17.3 Å². The van der Waals surface area contributed by atoms with Crippen LogP contribution in [0.3, 0.4) is 0 Å². The number of rotatable bonds is 2. The van der Waals surface area contributed by atoms with Crippen molar-refractivity contribution in [3.63, 3.8) is 0 Å². The minimum Gasteiger partial charge on any atom is -0.246 e. The zero-order chi connectivity index (χ0) is 8.27. The zero-order valence-electron chi connectivity index (χ0n) is 6.94. The molecule has 0 radical (unpaired) electrons. The fourth-order valence-corrected chi connectivity index (χ4v) is 1.76. The maximum absolute atomic E-state index is 5.57. The number of hydrogen-bond donors (Lipinski definition) is 0. The summed E-state index contributed by atoms with van der Waals surface area (Å²) in [5, 5.41) is 0.411. The monoisotopic (exact) mass is 171 g/mol. The van der Waals surface area contributed by atoms with E-state index in [1.807, 2.05) is 6.92 Å². The van der Waals surface area contributed by atoms with Crippen molar-refractivity contribution in [3.8, 4) is 0 Å². The van der Waals surface area contributed by atoms with Gasteiger partial charge in [0, 0.05) is 5.71 Å². The van der Waals surface area contributed by atoms with Gasteiger partial charge in [-0.15, -0.1) is 0 Å². The van der Waals surface area contributed by atoms with Gasteiger partial charge in [-0.05, 0) is 25.7 Å². The van der Waals surface area contributed by atoms with Crippen LogP contribution in [0.4, 0.5) is 0 Å². The summed E-state index contributed by atoms with van der Waals surface area (Å²) in [5.41, 5.74) is 1.16. The lowest BCUT2D eigenvalue weighted by atomic mass is 10.0. The smallest absolute Gasteiger partial charge is 0.121 e. The van der Waals surface area contributed by atoms with E-state index < -0.39 is 0 Å². The summed E-state index contributed by atoms with van der Waals surface area (Å²) in [7, 11) is 0. The topological polar surface area (TPSA) is 12.4 Å². The molecule has 11 heavy (non-hydrogen) atoms. The van der Waals surface area contributed by atoms with Crippen LogP contribution in [0.5, 0.6) is 0 Å². The first-order valence-electron chi connectivity index (χ1n) is 4.09. The molecule has 0 unspecified atom stereocenters. The minimum atomic E-state index is 0.411. The Morgan fingerprint density at radius 2 is 2.00 bits per heavy atom. The van der Waals surface area contributed by atoms with E-state index in [9.17, 15) is 0 Å². The van der Waals surface area contributed by atoms with E-state index >= 15 is 0 Å². The van der Waals surface area contributed by atoms with Crippen molar-refractivity contribution < 1.29 is 0 Å². The molecule has 1 saturated carbocycles. The van der Waals surface area contributed by atoms with Gasteiger partial charge in [-0.3, -0.25) is 0 Å². The Labute approximate surface area is 73.2 Å². The fourth-order valence-electron chi connectivity index (χ4n) is 1.63. The van der Waals surface area contributed by atoms with Gasteiger partial charge >= 0.3 is 0 Å². The average molecular weight is 172 g/mol. The minimum absolute atomic E-state index is 0.411. The summed E-state index contributed by atoms with van der Waals surface area (Å²) in [4.78, 5) is 4.15. The molecule has 2 heteroatoms. The molecule has 1 aliphatic carbocycles. The van der Waals surface area contributed by atoms with E-state index in [1.165, 1.54) is 25.7 Å². The fraction of sp³-hybridized carbons (Fsp3) is 0.667. The van der Waals surface area contributed by atoms with Gasteiger partial charge < -0.3 is 0 Å². The molecule has 0 spiro atoms. The van der Waals surface area contributed by atoms with Crippen LogP contribution in [-0.4, -0.2) is 5.71 Å². The van der Waals surface area contributed by atoms with E-state index in [0.717, 1.165) is 5.71 Å². The van der Waals surface area contributed by atoms with Crippen LogP contribution in [-0.2, 0) is 0 Å². The average Bonchev–Trinajstić information content (AvgIpc) is 2.35. The normalized spacial score (nSPS) is 20.7. The molecule has 0 aromatic rings. The molecule has 1 aliphatic rings. The van der Waals surface area contributed by atoms with Crippen molar-refractivity contribution in [1.29, 1.82) is 0 Å².